The number of hydrogen-bond acceptors (Lipinski definition) is 0. The lowest BCUT2D eigenvalue weighted by Crippen LogP contribution is -1.78. The van der Waals surface area contributed by atoms with E-state index >= 15 is 0 Å². The van der Waals surface area contributed by atoms with Crippen LogP contribution in [0.5, 0.6) is 0 Å². The van der Waals surface area contributed by atoms with E-state index in [4.69, 9.17) is 46.4 Å². The fourth-order valence-electron chi connectivity index (χ4n) is 0.742. The Labute approximate surface area is 90.7 Å². The minimum Gasteiger partial charge on any atom is -0.0913 e. The van der Waals surface area contributed by atoms with Gasteiger partial charge in [0.15, 0.2) is 0 Å². The van der Waals surface area contributed by atoms with Gasteiger partial charge in [-0.2, -0.15) is 0 Å². The van der Waals surface area contributed by atoms with E-state index < -0.39 is 0 Å². The van der Waals surface area contributed by atoms with Gasteiger partial charge in [0.1, 0.15) is 0 Å². The first kappa shape index (κ1) is 10.2. The molecule has 0 saturated heterocycles. The maximum absolute atomic E-state index is 5.83. The summed E-state index contributed by atoms with van der Waals surface area (Å²) in [6.45, 7) is 0. The Hall–Kier alpha value is 0.120. The molecule has 0 aliphatic carbocycles. The van der Waals surface area contributed by atoms with Crippen molar-refractivity contribution in [2.45, 2.75) is 0 Å². The van der Waals surface area contributed by atoms with Gasteiger partial charge in [-0.1, -0.05) is 52.5 Å². The second-order valence-electron chi connectivity index (χ2n) is 2.08. The first-order chi connectivity index (χ1) is 5.65. The van der Waals surface area contributed by atoms with Crippen LogP contribution in [-0.2, 0) is 0 Å². The Kier molecular flexibility index (Phi) is 3.73. The Morgan fingerprint density at radius 1 is 1.25 bits per heavy atom. The van der Waals surface area contributed by atoms with Gasteiger partial charge < -0.3 is 0 Å². The zero-order valence-electron chi connectivity index (χ0n) is 5.82. The van der Waals surface area contributed by atoms with Crippen LogP contribution in [0.1, 0.15) is 5.56 Å². The maximum atomic E-state index is 5.83. The highest BCUT2D eigenvalue weighted by molar-refractivity contribution is 6.54. The smallest absolute Gasteiger partial charge is 0.0606 e. The van der Waals surface area contributed by atoms with Crippen LogP contribution < -0.4 is 0 Å². The molecule has 0 aliphatic heterocycles. The Bertz CT molecular complexity index is 317. The molecule has 0 aromatic heterocycles. The lowest BCUT2D eigenvalue weighted by atomic mass is 10.2. The topological polar surface area (TPSA) is 0 Å². The number of benzene rings is 1. The van der Waals surface area contributed by atoms with Crippen LogP contribution in [0, 0.1) is 0 Å². The lowest BCUT2D eigenvalue weighted by Gasteiger charge is -2.01. The highest BCUT2D eigenvalue weighted by Crippen LogP contribution is 2.29. The SMILES string of the molecule is Cl/C=C(\Cl)c1ccc(Cl)cc1Cl. The monoisotopic (exact) mass is 240 g/mol. The molecule has 12 heavy (non-hydrogen) atoms. The minimum absolute atomic E-state index is 0.401. The second kappa shape index (κ2) is 4.38. The average molecular weight is 242 g/mol. The highest BCUT2D eigenvalue weighted by atomic mass is 35.5. The van der Waals surface area contributed by atoms with E-state index in [-0.39, 0.29) is 0 Å². The Morgan fingerprint density at radius 2 is 1.92 bits per heavy atom. The summed E-state index contributed by atoms with van der Waals surface area (Å²) in [7, 11) is 0. The summed E-state index contributed by atoms with van der Waals surface area (Å²) in [5.74, 6) is 0. The summed E-state index contributed by atoms with van der Waals surface area (Å²) < 4.78 is 0. The second-order valence-corrected chi connectivity index (χ2v) is 3.55. The third kappa shape index (κ3) is 2.30. The third-order valence-electron chi connectivity index (χ3n) is 1.28. The molecule has 0 amide bonds. The van der Waals surface area contributed by atoms with Crippen LogP contribution in [-0.4, -0.2) is 0 Å². The molecule has 0 bridgehead atoms. The van der Waals surface area contributed by atoms with Crippen molar-refractivity contribution in [2.24, 2.45) is 0 Å². The normalized spacial score (nSPS) is 11.8. The molecule has 1 aromatic carbocycles. The number of hydrogen-bond donors (Lipinski definition) is 0. The zero-order chi connectivity index (χ0) is 9.14. The molecule has 0 atom stereocenters. The predicted octanol–water partition coefficient (Wildman–Crippen LogP) is 4.77. The first-order valence-electron chi connectivity index (χ1n) is 3.06. The van der Waals surface area contributed by atoms with Crippen LogP contribution in [0.2, 0.25) is 10.0 Å². The van der Waals surface area contributed by atoms with Crippen LogP contribution >= 0.6 is 46.4 Å². The molecular formula is C8H4Cl4. The summed E-state index contributed by atoms with van der Waals surface area (Å²) in [6.07, 6.45) is 0. The summed E-state index contributed by atoms with van der Waals surface area (Å²) in [4.78, 5) is 0. The van der Waals surface area contributed by atoms with Gasteiger partial charge in [0.2, 0.25) is 0 Å². The molecule has 0 fully saturated rings. The van der Waals surface area contributed by atoms with Crippen molar-refractivity contribution < 1.29 is 0 Å². The van der Waals surface area contributed by atoms with Crippen LogP contribution in [0.3, 0.4) is 0 Å². The van der Waals surface area contributed by atoms with Crippen molar-refractivity contribution in [1.82, 2.24) is 0 Å². The predicted molar refractivity (Wildman–Crippen MR) is 56.1 cm³/mol. The molecule has 0 N–H and O–H groups in total. The molecule has 0 nitrogen and oxygen atoms in total. The average Bonchev–Trinajstić information content (AvgIpc) is 2.03. The van der Waals surface area contributed by atoms with E-state index in [9.17, 15) is 0 Å². The molecule has 0 unspecified atom stereocenters. The molecular weight excluding hydrogens is 238 g/mol. The molecule has 1 rings (SSSR count). The van der Waals surface area contributed by atoms with Crippen molar-refractivity contribution in [3.8, 4) is 0 Å². The summed E-state index contributed by atoms with van der Waals surface area (Å²) in [5, 5.41) is 1.46. The summed E-state index contributed by atoms with van der Waals surface area (Å²) in [6, 6.07) is 5.03. The van der Waals surface area contributed by atoms with Crippen molar-refractivity contribution in [1.29, 1.82) is 0 Å². The Balaban J connectivity index is 3.18. The maximum Gasteiger partial charge on any atom is 0.0606 e. The van der Waals surface area contributed by atoms with Gasteiger partial charge in [0.25, 0.3) is 0 Å². The third-order valence-corrected chi connectivity index (χ3v) is 2.47. The largest absolute Gasteiger partial charge is 0.0913 e. The fraction of sp³-hybridized carbons (Fsp3) is 0. The van der Waals surface area contributed by atoms with Crippen LogP contribution in [0.25, 0.3) is 5.03 Å². The highest BCUT2D eigenvalue weighted by Gasteiger charge is 2.03. The van der Waals surface area contributed by atoms with E-state index in [1.165, 1.54) is 5.54 Å². The van der Waals surface area contributed by atoms with Gasteiger partial charge >= 0.3 is 0 Å². The summed E-state index contributed by atoms with van der Waals surface area (Å²) >= 11 is 22.7. The number of rotatable bonds is 1. The molecule has 0 heterocycles. The van der Waals surface area contributed by atoms with Crippen molar-refractivity contribution in [2.75, 3.05) is 0 Å². The van der Waals surface area contributed by atoms with Gasteiger partial charge in [0, 0.05) is 16.1 Å². The standard InChI is InChI=1S/C8H4Cl4/c9-4-8(12)6-2-1-5(10)3-7(6)11/h1-4H/b8-4-. The Morgan fingerprint density at radius 3 is 2.42 bits per heavy atom. The van der Waals surface area contributed by atoms with Crippen LogP contribution in [0.15, 0.2) is 23.7 Å². The van der Waals surface area contributed by atoms with Crippen LogP contribution in [0.4, 0.5) is 0 Å². The first-order valence-corrected chi connectivity index (χ1v) is 4.63. The van der Waals surface area contributed by atoms with Gasteiger partial charge in [-0.25, -0.2) is 0 Å². The number of halogens is 4. The van der Waals surface area contributed by atoms with E-state index in [0.29, 0.717) is 20.6 Å². The molecule has 1 aromatic rings. The van der Waals surface area contributed by atoms with E-state index in [1.54, 1.807) is 18.2 Å². The fourth-order valence-corrected chi connectivity index (χ4v) is 1.58. The minimum atomic E-state index is 0.401. The van der Waals surface area contributed by atoms with Gasteiger partial charge in [0.05, 0.1) is 10.1 Å². The zero-order valence-corrected chi connectivity index (χ0v) is 8.84. The van der Waals surface area contributed by atoms with E-state index in [1.807, 2.05) is 0 Å². The van der Waals surface area contributed by atoms with Gasteiger partial charge in [-0.3, -0.25) is 0 Å². The van der Waals surface area contributed by atoms with Gasteiger partial charge in [-0.15, -0.1) is 0 Å². The molecule has 0 saturated carbocycles. The van der Waals surface area contributed by atoms with Crippen molar-refractivity contribution >= 4 is 51.4 Å². The van der Waals surface area contributed by atoms with Crippen molar-refractivity contribution in [3.05, 3.63) is 39.3 Å². The summed E-state index contributed by atoms with van der Waals surface area (Å²) in [5.41, 5.74) is 1.94. The van der Waals surface area contributed by atoms with E-state index in [0.717, 1.165) is 0 Å². The molecule has 0 radical (unpaired) electrons. The van der Waals surface area contributed by atoms with E-state index in [2.05, 4.69) is 0 Å². The quantitative estimate of drug-likeness (QED) is 0.665. The van der Waals surface area contributed by atoms with Crippen molar-refractivity contribution in [3.63, 3.8) is 0 Å². The molecule has 0 spiro atoms. The van der Waals surface area contributed by atoms with Gasteiger partial charge in [-0.05, 0) is 12.1 Å². The molecule has 4 heteroatoms. The molecule has 64 valence electrons. The lowest BCUT2D eigenvalue weighted by molar-refractivity contribution is 1.65. The molecule has 0 aliphatic rings.